The number of carbonyl (C=O) groups is 2. The van der Waals surface area contributed by atoms with Crippen molar-refractivity contribution in [2.45, 2.75) is 251 Å². The fourth-order valence-electron chi connectivity index (χ4n) is 7.61. The van der Waals surface area contributed by atoms with E-state index in [0.717, 1.165) is 116 Å². The number of hydrogen-bond acceptors (Lipinski definition) is 5. The molecular formula is C63H104O5. The van der Waals surface area contributed by atoms with E-state index in [0.29, 0.717) is 12.8 Å². The third kappa shape index (κ3) is 54.9. The van der Waals surface area contributed by atoms with Crippen molar-refractivity contribution < 1.29 is 24.2 Å². The Morgan fingerprint density at radius 2 is 0.588 bits per heavy atom. The van der Waals surface area contributed by atoms with Crippen LogP contribution in [0, 0.1) is 0 Å². The van der Waals surface area contributed by atoms with E-state index in [2.05, 4.69) is 135 Å². The van der Waals surface area contributed by atoms with Gasteiger partial charge < -0.3 is 14.6 Å². The summed E-state index contributed by atoms with van der Waals surface area (Å²) in [6, 6.07) is 0. The van der Waals surface area contributed by atoms with Gasteiger partial charge in [0.2, 0.25) is 0 Å². The minimum atomic E-state index is -0.794. The van der Waals surface area contributed by atoms with Crippen LogP contribution < -0.4 is 0 Å². The Kier molecular flexibility index (Phi) is 54.5. The maximum Gasteiger partial charge on any atom is 0.306 e. The Morgan fingerprint density at radius 3 is 0.882 bits per heavy atom. The van der Waals surface area contributed by atoms with E-state index in [4.69, 9.17) is 9.47 Å². The molecule has 0 rings (SSSR count). The molecule has 68 heavy (non-hydrogen) atoms. The minimum absolute atomic E-state index is 0.0817. The van der Waals surface area contributed by atoms with Crippen LogP contribution in [0.3, 0.4) is 0 Å². The van der Waals surface area contributed by atoms with E-state index < -0.39 is 6.10 Å². The molecule has 1 atom stereocenters. The van der Waals surface area contributed by atoms with Crippen LogP contribution in [0.4, 0.5) is 0 Å². The van der Waals surface area contributed by atoms with Crippen molar-refractivity contribution in [3.8, 4) is 0 Å². The van der Waals surface area contributed by atoms with Gasteiger partial charge in [0, 0.05) is 12.8 Å². The van der Waals surface area contributed by atoms with Crippen molar-refractivity contribution in [3.05, 3.63) is 122 Å². The maximum absolute atomic E-state index is 12.3. The first-order valence-corrected chi connectivity index (χ1v) is 28.1. The molecule has 0 fully saturated rings. The van der Waals surface area contributed by atoms with Crippen molar-refractivity contribution in [1.29, 1.82) is 0 Å². The first-order chi connectivity index (χ1) is 33.6. The Balaban J connectivity index is 3.54. The average Bonchev–Trinajstić information content (AvgIpc) is 3.34. The fraction of sp³-hybridized carbons (Fsp3) is 0.651. The molecule has 0 aliphatic carbocycles. The fourth-order valence-corrected chi connectivity index (χ4v) is 7.61. The lowest BCUT2D eigenvalue weighted by molar-refractivity contribution is -0.161. The lowest BCUT2D eigenvalue weighted by atomic mass is 10.0. The Morgan fingerprint density at radius 1 is 0.338 bits per heavy atom. The van der Waals surface area contributed by atoms with Gasteiger partial charge in [-0.25, -0.2) is 0 Å². The SMILES string of the molecule is CC/C=C\C/C=C\C/C=C\C/C=C\C/C=C\C/C=C\CCCCCCC(=O)OC(CO)COC(=O)CCCCCCCCCCCCCCCCCCCC/C=C\C/C=C\C/C=C\C/C=C\CC. The zero-order valence-corrected chi connectivity index (χ0v) is 44.1. The number of aliphatic hydroxyl groups excluding tert-OH is 1. The van der Waals surface area contributed by atoms with Crippen molar-refractivity contribution >= 4 is 11.9 Å². The zero-order valence-electron chi connectivity index (χ0n) is 44.1. The monoisotopic (exact) mass is 941 g/mol. The van der Waals surface area contributed by atoms with Gasteiger partial charge in [-0.3, -0.25) is 9.59 Å². The number of aliphatic hydroxyl groups is 1. The molecule has 0 aromatic carbocycles. The van der Waals surface area contributed by atoms with Crippen LogP contribution >= 0.6 is 0 Å². The predicted octanol–water partition coefficient (Wildman–Crippen LogP) is 19.1. The van der Waals surface area contributed by atoms with Gasteiger partial charge in [-0.2, -0.15) is 0 Å². The van der Waals surface area contributed by atoms with Crippen LogP contribution in [0.25, 0.3) is 0 Å². The first-order valence-electron chi connectivity index (χ1n) is 28.1. The van der Waals surface area contributed by atoms with E-state index >= 15 is 0 Å². The highest BCUT2D eigenvalue weighted by Gasteiger charge is 2.16. The maximum atomic E-state index is 12.3. The number of rotatable bonds is 50. The Labute approximate surface area is 420 Å². The molecule has 0 spiro atoms. The van der Waals surface area contributed by atoms with Gasteiger partial charge in [0.25, 0.3) is 0 Å². The van der Waals surface area contributed by atoms with Crippen molar-refractivity contribution in [3.63, 3.8) is 0 Å². The molecule has 1 N–H and O–H groups in total. The molecule has 0 bridgehead atoms. The molecule has 1 unspecified atom stereocenters. The van der Waals surface area contributed by atoms with Crippen LogP contribution in [-0.4, -0.2) is 36.4 Å². The van der Waals surface area contributed by atoms with Crippen LogP contribution in [0.15, 0.2) is 122 Å². The third-order valence-electron chi connectivity index (χ3n) is 11.8. The molecule has 0 aliphatic heterocycles. The van der Waals surface area contributed by atoms with Crippen LogP contribution in [0.5, 0.6) is 0 Å². The summed E-state index contributed by atoms with van der Waals surface area (Å²) in [6.07, 6.45) is 84.5. The van der Waals surface area contributed by atoms with Gasteiger partial charge in [0.1, 0.15) is 6.61 Å². The molecule has 5 heteroatoms. The van der Waals surface area contributed by atoms with E-state index in [1.165, 1.54) is 103 Å². The molecule has 0 heterocycles. The first kappa shape index (κ1) is 64.3. The van der Waals surface area contributed by atoms with E-state index in [1.807, 2.05) is 0 Å². The predicted molar refractivity (Wildman–Crippen MR) is 297 cm³/mol. The number of unbranched alkanes of at least 4 members (excludes halogenated alkanes) is 22. The summed E-state index contributed by atoms with van der Waals surface area (Å²) < 4.78 is 10.7. The second-order valence-corrected chi connectivity index (χ2v) is 18.2. The van der Waals surface area contributed by atoms with Gasteiger partial charge >= 0.3 is 11.9 Å². The number of esters is 2. The summed E-state index contributed by atoms with van der Waals surface area (Å²) >= 11 is 0. The summed E-state index contributed by atoms with van der Waals surface area (Å²) in [4.78, 5) is 24.5. The van der Waals surface area contributed by atoms with Crippen LogP contribution in [0.2, 0.25) is 0 Å². The summed E-state index contributed by atoms with van der Waals surface area (Å²) in [6.45, 7) is 3.90. The number of carbonyl (C=O) groups excluding carboxylic acids is 2. The van der Waals surface area contributed by atoms with Crippen LogP contribution in [-0.2, 0) is 19.1 Å². The molecule has 5 nitrogen and oxygen atoms in total. The Bertz CT molecular complexity index is 1390. The quantitative estimate of drug-likeness (QED) is 0.0374. The molecule has 0 aliphatic rings. The van der Waals surface area contributed by atoms with E-state index in [-0.39, 0.29) is 25.2 Å². The molecule has 0 saturated heterocycles. The number of hydrogen-bond donors (Lipinski definition) is 1. The standard InChI is InChI=1S/C63H104O5/c1-3-5-7-9-11-13-15-17-19-21-23-25-27-28-29-30-31-32-33-34-36-37-39-41-43-45-47-49-51-53-55-57-62(65)67-60-61(59-64)68-63(66)58-56-54-52-50-48-46-44-42-40-38-35-26-24-22-20-18-16-14-12-10-8-6-4-2/h5-8,11-14,17-20,23-26,38,40,44,46,61,64H,3-4,9-10,15-16,21-22,27-37,39,41-43,45,47-60H2,1-2H3/b7-5-,8-6-,13-11-,14-12-,19-17-,20-18-,25-23-,26-24-,40-38-,46-44-. The van der Waals surface area contributed by atoms with Gasteiger partial charge in [0.15, 0.2) is 6.10 Å². The van der Waals surface area contributed by atoms with Gasteiger partial charge in [0.05, 0.1) is 6.61 Å². The summed E-state index contributed by atoms with van der Waals surface area (Å²) in [5.41, 5.74) is 0. The highest BCUT2D eigenvalue weighted by Crippen LogP contribution is 2.16. The second kappa shape index (κ2) is 57.6. The van der Waals surface area contributed by atoms with Gasteiger partial charge in [-0.15, -0.1) is 0 Å². The van der Waals surface area contributed by atoms with E-state index in [1.54, 1.807) is 0 Å². The molecule has 0 amide bonds. The summed E-state index contributed by atoms with van der Waals surface area (Å²) in [5.74, 6) is -0.621. The van der Waals surface area contributed by atoms with Gasteiger partial charge in [-0.05, 0) is 103 Å². The van der Waals surface area contributed by atoms with Crippen molar-refractivity contribution in [2.75, 3.05) is 13.2 Å². The molecule has 0 saturated carbocycles. The highest BCUT2D eigenvalue weighted by atomic mass is 16.6. The highest BCUT2D eigenvalue weighted by molar-refractivity contribution is 5.70. The lowest BCUT2D eigenvalue weighted by Crippen LogP contribution is -2.28. The minimum Gasteiger partial charge on any atom is -0.462 e. The lowest BCUT2D eigenvalue weighted by Gasteiger charge is -2.15. The third-order valence-corrected chi connectivity index (χ3v) is 11.8. The smallest absolute Gasteiger partial charge is 0.306 e. The number of allylic oxidation sites excluding steroid dienone is 20. The van der Waals surface area contributed by atoms with Gasteiger partial charge in [-0.1, -0.05) is 251 Å². The molecule has 0 radical (unpaired) electrons. The zero-order chi connectivity index (χ0) is 49.2. The molecule has 0 aromatic heterocycles. The number of ether oxygens (including phenoxy) is 2. The van der Waals surface area contributed by atoms with Crippen molar-refractivity contribution in [2.24, 2.45) is 0 Å². The summed E-state index contributed by atoms with van der Waals surface area (Å²) in [7, 11) is 0. The normalized spacial score (nSPS) is 13.2. The van der Waals surface area contributed by atoms with Crippen molar-refractivity contribution in [1.82, 2.24) is 0 Å². The average molecular weight is 942 g/mol. The van der Waals surface area contributed by atoms with Crippen LogP contribution in [0.1, 0.15) is 245 Å². The summed E-state index contributed by atoms with van der Waals surface area (Å²) in [5, 5.41) is 9.65. The molecule has 0 aromatic rings. The molecule has 386 valence electrons. The largest absolute Gasteiger partial charge is 0.462 e. The topological polar surface area (TPSA) is 72.8 Å². The second-order valence-electron chi connectivity index (χ2n) is 18.2. The van der Waals surface area contributed by atoms with E-state index in [9.17, 15) is 14.7 Å². The Hall–Kier alpha value is -3.70. The molecular weight excluding hydrogens is 837 g/mol.